The molecule has 2 fully saturated rings. The van der Waals surface area contributed by atoms with Gasteiger partial charge in [0, 0.05) is 36.6 Å². The Bertz CT molecular complexity index is 1060. The summed E-state index contributed by atoms with van der Waals surface area (Å²) in [5, 5.41) is 14.7. The molecule has 0 aliphatic carbocycles. The molecule has 0 aromatic carbocycles. The molecule has 3 aromatic rings. The molecule has 1 spiro atoms. The molecule has 2 unspecified atom stereocenters. The van der Waals surface area contributed by atoms with Crippen LogP contribution in [0.25, 0.3) is 21.5 Å². The molecule has 0 saturated carbocycles. The number of rotatable bonds is 4. The molecule has 0 amide bonds. The molecular formula is C24H32N4OS. The van der Waals surface area contributed by atoms with Crippen LogP contribution in [0, 0.1) is 19.3 Å². The van der Waals surface area contributed by atoms with E-state index in [1.807, 2.05) is 13.8 Å². The van der Waals surface area contributed by atoms with Crippen molar-refractivity contribution in [3.05, 3.63) is 40.0 Å². The average molecular weight is 425 g/mol. The molecule has 2 aliphatic rings. The van der Waals surface area contributed by atoms with Gasteiger partial charge in [0.15, 0.2) is 0 Å². The van der Waals surface area contributed by atoms with E-state index in [0.717, 1.165) is 48.0 Å². The molecule has 5 heterocycles. The molecule has 30 heavy (non-hydrogen) atoms. The van der Waals surface area contributed by atoms with Crippen molar-refractivity contribution in [2.75, 3.05) is 26.2 Å². The Balaban J connectivity index is 1.49. The maximum absolute atomic E-state index is 11.2. The van der Waals surface area contributed by atoms with Gasteiger partial charge in [-0.25, -0.2) is 0 Å². The minimum Gasteiger partial charge on any atom is -0.373 e. The van der Waals surface area contributed by atoms with Crippen LogP contribution in [0.2, 0.25) is 0 Å². The number of fused-ring (bicyclic) bond motifs is 1. The molecule has 0 bridgehead atoms. The predicted molar refractivity (Wildman–Crippen MR) is 124 cm³/mol. The second kappa shape index (κ2) is 7.45. The number of aromatic amines is 1. The van der Waals surface area contributed by atoms with E-state index in [0.29, 0.717) is 11.3 Å². The first-order chi connectivity index (χ1) is 14.3. The van der Waals surface area contributed by atoms with Crippen LogP contribution in [0.15, 0.2) is 18.2 Å². The summed E-state index contributed by atoms with van der Waals surface area (Å²) >= 11 is 1.75. The molecule has 160 valence electrons. The Morgan fingerprint density at radius 2 is 1.93 bits per heavy atom. The third-order valence-corrected chi connectivity index (χ3v) is 8.08. The summed E-state index contributed by atoms with van der Waals surface area (Å²) in [6.45, 7) is 12.8. The van der Waals surface area contributed by atoms with Crippen molar-refractivity contribution in [1.29, 1.82) is 0 Å². The van der Waals surface area contributed by atoms with E-state index in [-0.39, 0.29) is 0 Å². The van der Waals surface area contributed by atoms with Gasteiger partial charge in [-0.1, -0.05) is 13.8 Å². The van der Waals surface area contributed by atoms with Crippen LogP contribution in [0.1, 0.15) is 60.7 Å². The zero-order valence-electron chi connectivity index (χ0n) is 18.4. The number of likely N-dealkylation sites (tertiary alicyclic amines) is 1. The Morgan fingerprint density at radius 3 is 2.60 bits per heavy atom. The maximum atomic E-state index is 11.2. The highest BCUT2D eigenvalue weighted by Gasteiger charge is 2.42. The third kappa shape index (κ3) is 3.40. The Hall–Kier alpha value is -1.73. The SMILES string of the molecule is Cc1cc(-c2[nH]c3cc(C(O)N4CCC5(CCNC5)C4)sc3c2C(C)C)cc(C)n1. The molecule has 2 aliphatic heterocycles. The molecule has 3 aromatic heterocycles. The zero-order valence-corrected chi connectivity index (χ0v) is 19.2. The van der Waals surface area contributed by atoms with Gasteiger partial charge in [0.05, 0.1) is 20.8 Å². The van der Waals surface area contributed by atoms with Crippen LogP contribution in [-0.4, -0.2) is 46.2 Å². The maximum Gasteiger partial charge on any atom is 0.142 e. The van der Waals surface area contributed by atoms with Crippen molar-refractivity contribution >= 4 is 21.6 Å². The number of aliphatic hydroxyl groups is 1. The highest BCUT2D eigenvalue weighted by Crippen LogP contribution is 2.44. The van der Waals surface area contributed by atoms with Gasteiger partial charge in [0.25, 0.3) is 0 Å². The minimum absolute atomic E-state index is 0.368. The predicted octanol–water partition coefficient (Wildman–Crippen LogP) is 4.71. The standard InChI is InChI=1S/C24H32N4OS/c1-14(2)20-21(17-9-15(3)26-16(4)10-17)27-18-11-19(30-22(18)20)23(29)28-8-6-24(13-28)5-7-25-12-24/h9-11,14,23,25,27,29H,5-8,12-13H2,1-4H3. The van der Waals surface area contributed by atoms with Crippen molar-refractivity contribution in [3.8, 4) is 11.3 Å². The quantitative estimate of drug-likeness (QED) is 0.568. The summed E-state index contributed by atoms with van der Waals surface area (Å²) in [5.74, 6) is 0.394. The summed E-state index contributed by atoms with van der Waals surface area (Å²) in [5.41, 5.74) is 7.32. The molecule has 0 radical (unpaired) electrons. The van der Waals surface area contributed by atoms with Gasteiger partial charge < -0.3 is 15.4 Å². The fraction of sp³-hybridized carbons (Fsp3) is 0.542. The molecule has 2 saturated heterocycles. The molecule has 6 heteroatoms. The van der Waals surface area contributed by atoms with Crippen LogP contribution < -0.4 is 5.32 Å². The van der Waals surface area contributed by atoms with Crippen molar-refractivity contribution in [2.24, 2.45) is 5.41 Å². The number of aromatic nitrogens is 2. The number of hydrogen-bond donors (Lipinski definition) is 3. The summed E-state index contributed by atoms with van der Waals surface area (Å²) in [6, 6.07) is 6.48. The summed E-state index contributed by atoms with van der Waals surface area (Å²) in [7, 11) is 0. The molecule has 3 N–H and O–H groups in total. The van der Waals surface area contributed by atoms with Crippen molar-refractivity contribution in [2.45, 2.75) is 52.7 Å². The van der Waals surface area contributed by atoms with E-state index in [1.54, 1.807) is 11.3 Å². The van der Waals surface area contributed by atoms with Gasteiger partial charge in [-0.2, -0.15) is 0 Å². The Morgan fingerprint density at radius 1 is 1.17 bits per heavy atom. The van der Waals surface area contributed by atoms with Gasteiger partial charge in [0.1, 0.15) is 6.23 Å². The monoisotopic (exact) mass is 424 g/mol. The zero-order chi connectivity index (χ0) is 21.0. The van der Waals surface area contributed by atoms with Crippen LogP contribution in [-0.2, 0) is 0 Å². The van der Waals surface area contributed by atoms with Crippen molar-refractivity contribution in [1.82, 2.24) is 20.2 Å². The lowest BCUT2D eigenvalue weighted by Gasteiger charge is -2.25. The van der Waals surface area contributed by atoms with E-state index < -0.39 is 6.23 Å². The number of aryl methyl sites for hydroxylation is 2. The summed E-state index contributed by atoms with van der Waals surface area (Å²) in [6.07, 6.45) is 1.90. The number of nitrogens with one attached hydrogen (secondary N) is 2. The number of pyridine rings is 1. The number of aliphatic hydroxyl groups excluding tert-OH is 1. The second-order valence-electron chi connectivity index (χ2n) is 9.62. The summed E-state index contributed by atoms with van der Waals surface area (Å²) in [4.78, 5) is 11.5. The topological polar surface area (TPSA) is 64.2 Å². The molecular weight excluding hydrogens is 392 g/mol. The smallest absolute Gasteiger partial charge is 0.142 e. The van der Waals surface area contributed by atoms with E-state index in [4.69, 9.17) is 0 Å². The second-order valence-corrected chi connectivity index (χ2v) is 10.7. The van der Waals surface area contributed by atoms with E-state index in [2.05, 4.69) is 52.2 Å². The van der Waals surface area contributed by atoms with Crippen LogP contribution >= 0.6 is 11.3 Å². The van der Waals surface area contributed by atoms with Crippen LogP contribution in [0.5, 0.6) is 0 Å². The van der Waals surface area contributed by atoms with E-state index in [1.165, 1.54) is 34.4 Å². The normalized spacial score (nSPS) is 23.4. The largest absolute Gasteiger partial charge is 0.373 e. The average Bonchev–Trinajstić information content (AvgIpc) is 3.44. The summed E-state index contributed by atoms with van der Waals surface area (Å²) < 4.78 is 1.28. The number of nitrogens with zero attached hydrogens (tertiary/aromatic N) is 2. The first-order valence-corrected chi connectivity index (χ1v) is 11.9. The third-order valence-electron chi connectivity index (χ3n) is 6.87. The first-order valence-electron chi connectivity index (χ1n) is 11.1. The molecule has 2 atom stereocenters. The van der Waals surface area contributed by atoms with Crippen molar-refractivity contribution in [3.63, 3.8) is 0 Å². The van der Waals surface area contributed by atoms with Crippen LogP contribution in [0.4, 0.5) is 0 Å². The first kappa shape index (κ1) is 20.2. The number of thiophene rings is 1. The minimum atomic E-state index is -0.510. The van der Waals surface area contributed by atoms with Gasteiger partial charge in [-0.15, -0.1) is 11.3 Å². The number of hydrogen-bond acceptors (Lipinski definition) is 5. The number of H-pyrrole nitrogens is 1. The van der Waals surface area contributed by atoms with Crippen molar-refractivity contribution < 1.29 is 5.11 Å². The Labute approximate surface area is 182 Å². The lowest BCUT2D eigenvalue weighted by molar-refractivity contribution is 0.0146. The lowest BCUT2D eigenvalue weighted by Crippen LogP contribution is -2.31. The van der Waals surface area contributed by atoms with Gasteiger partial charge in [-0.05, 0) is 68.3 Å². The van der Waals surface area contributed by atoms with E-state index >= 15 is 0 Å². The van der Waals surface area contributed by atoms with Gasteiger partial charge in [0.2, 0.25) is 0 Å². The molecule has 5 nitrogen and oxygen atoms in total. The van der Waals surface area contributed by atoms with Crippen LogP contribution in [0.3, 0.4) is 0 Å². The highest BCUT2D eigenvalue weighted by molar-refractivity contribution is 7.19. The fourth-order valence-corrected chi connectivity index (χ4v) is 6.74. The highest BCUT2D eigenvalue weighted by atomic mass is 32.1. The van der Waals surface area contributed by atoms with Gasteiger partial charge in [-0.3, -0.25) is 9.88 Å². The van der Waals surface area contributed by atoms with E-state index in [9.17, 15) is 5.11 Å². The Kier molecular flexibility index (Phi) is 5.01. The fourth-order valence-electron chi connectivity index (χ4n) is 5.41. The molecule has 5 rings (SSSR count). The lowest BCUT2D eigenvalue weighted by atomic mass is 9.86. The van der Waals surface area contributed by atoms with Gasteiger partial charge >= 0.3 is 0 Å².